The molecular formula is C14H10Br2N2S. The van der Waals surface area contributed by atoms with Gasteiger partial charge in [0.05, 0.1) is 5.69 Å². The normalized spacial score (nSPS) is 11.1. The van der Waals surface area contributed by atoms with Crippen LogP contribution in [0.1, 0.15) is 5.69 Å². The maximum Gasteiger partial charge on any atom is 0.137 e. The minimum absolute atomic E-state index is 0.851. The molecule has 5 heteroatoms. The highest BCUT2D eigenvalue weighted by molar-refractivity contribution is 9.10. The Kier molecular flexibility index (Phi) is 3.96. The molecule has 0 atom stereocenters. The van der Waals surface area contributed by atoms with Gasteiger partial charge in [0, 0.05) is 21.3 Å². The SMILES string of the molecule is Brc1ccc(SCc2nc3ccccn3c2Br)cc1. The van der Waals surface area contributed by atoms with Gasteiger partial charge in [0.15, 0.2) is 0 Å². The fourth-order valence-corrected chi connectivity index (χ4v) is 3.60. The van der Waals surface area contributed by atoms with Crippen molar-refractivity contribution in [3.63, 3.8) is 0 Å². The topological polar surface area (TPSA) is 17.3 Å². The van der Waals surface area contributed by atoms with E-state index < -0.39 is 0 Å². The van der Waals surface area contributed by atoms with Crippen LogP contribution in [0.15, 0.2) is 62.6 Å². The fraction of sp³-hybridized carbons (Fsp3) is 0.0714. The summed E-state index contributed by atoms with van der Waals surface area (Å²) < 4.78 is 4.19. The third-order valence-corrected chi connectivity index (χ3v) is 5.12. The Morgan fingerprint density at radius 3 is 2.58 bits per heavy atom. The van der Waals surface area contributed by atoms with Crippen LogP contribution in [-0.2, 0) is 5.75 Å². The van der Waals surface area contributed by atoms with Gasteiger partial charge in [-0.1, -0.05) is 22.0 Å². The molecule has 2 aromatic heterocycles. The van der Waals surface area contributed by atoms with Crippen LogP contribution in [0, 0.1) is 0 Å². The number of imidazole rings is 1. The van der Waals surface area contributed by atoms with Crippen molar-refractivity contribution in [2.45, 2.75) is 10.6 Å². The van der Waals surface area contributed by atoms with Crippen LogP contribution < -0.4 is 0 Å². The molecule has 0 aliphatic carbocycles. The van der Waals surface area contributed by atoms with Gasteiger partial charge in [-0.25, -0.2) is 4.98 Å². The van der Waals surface area contributed by atoms with Crippen LogP contribution in [0.25, 0.3) is 5.65 Å². The van der Waals surface area contributed by atoms with Gasteiger partial charge in [0.1, 0.15) is 10.3 Å². The molecule has 0 saturated heterocycles. The molecule has 19 heavy (non-hydrogen) atoms. The zero-order valence-corrected chi connectivity index (χ0v) is 13.9. The Bertz CT molecular complexity index is 707. The second kappa shape index (κ2) is 5.69. The summed E-state index contributed by atoms with van der Waals surface area (Å²) in [5.41, 5.74) is 2.04. The van der Waals surface area contributed by atoms with Crippen LogP contribution in [0.3, 0.4) is 0 Å². The lowest BCUT2D eigenvalue weighted by molar-refractivity contribution is 1.14. The Balaban J connectivity index is 1.82. The molecular weight excluding hydrogens is 388 g/mol. The highest BCUT2D eigenvalue weighted by Gasteiger charge is 2.09. The summed E-state index contributed by atoms with van der Waals surface area (Å²) >= 11 is 8.85. The summed E-state index contributed by atoms with van der Waals surface area (Å²) in [6.07, 6.45) is 2.01. The lowest BCUT2D eigenvalue weighted by Crippen LogP contribution is -1.83. The van der Waals surface area contributed by atoms with E-state index >= 15 is 0 Å². The maximum atomic E-state index is 4.63. The van der Waals surface area contributed by atoms with E-state index in [1.807, 2.05) is 24.4 Å². The minimum atomic E-state index is 0.851. The number of thioether (sulfide) groups is 1. The largest absolute Gasteiger partial charge is 0.294 e. The molecule has 0 bridgehead atoms. The first kappa shape index (κ1) is 13.2. The Labute approximate surface area is 132 Å². The number of hydrogen-bond donors (Lipinski definition) is 0. The standard InChI is InChI=1S/C14H10Br2N2S/c15-10-4-6-11(7-5-10)19-9-12-14(16)18-8-2-1-3-13(18)17-12/h1-8H,9H2. The third kappa shape index (κ3) is 2.88. The van der Waals surface area contributed by atoms with E-state index in [1.165, 1.54) is 4.90 Å². The predicted molar refractivity (Wildman–Crippen MR) is 86.6 cm³/mol. The van der Waals surface area contributed by atoms with Crippen molar-refractivity contribution < 1.29 is 0 Å². The van der Waals surface area contributed by atoms with Crippen LogP contribution in [0.5, 0.6) is 0 Å². The molecule has 0 fully saturated rings. The first-order valence-corrected chi connectivity index (χ1v) is 8.31. The number of fused-ring (bicyclic) bond motifs is 1. The van der Waals surface area contributed by atoms with E-state index in [-0.39, 0.29) is 0 Å². The predicted octanol–water partition coefficient (Wildman–Crippen LogP) is 5.15. The quantitative estimate of drug-likeness (QED) is 0.568. The van der Waals surface area contributed by atoms with E-state index in [9.17, 15) is 0 Å². The van der Waals surface area contributed by atoms with Gasteiger partial charge < -0.3 is 0 Å². The van der Waals surface area contributed by atoms with E-state index in [4.69, 9.17) is 0 Å². The van der Waals surface area contributed by atoms with Crippen molar-refractivity contribution in [1.82, 2.24) is 9.38 Å². The number of rotatable bonds is 3. The molecule has 0 saturated carbocycles. The third-order valence-electron chi connectivity index (χ3n) is 2.73. The summed E-state index contributed by atoms with van der Waals surface area (Å²) in [6, 6.07) is 14.4. The lowest BCUT2D eigenvalue weighted by Gasteiger charge is -2.00. The molecule has 0 spiro atoms. The van der Waals surface area contributed by atoms with Crippen LogP contribution in [0.4, 0.5) is 0 Å². The summed E-state index contributed by atoms with van der Waals surface area (Å²) in [5, 5.41) is 0. The molecule has 2 heterocycles. The molecule has 0 aliphatic heterocycles. The molecule has 0 unspecified atom stereocenters. The maximum absolute atomic E-state index is 4.63. The highest BCUT2D eigenvalue weighted by atomic mass is 79.9. The first-order valence-electron chi connectivity index (χ1n) is 5.74. The number of pyridine rings is 1. The van der Waals surface area contributed by atoms with Gasteiger partial charge >= 0.3 is 0 Å². The average Bonchev–Trinajstić information content (AvgIpc) is 2.76. The van der Waals surface area contributed by atoms with Gasteiger partial charge in [-0.05, 0) is 52.3 Å². The fourth-order valence-electron chi connectivity index (χ4n) is 1.79. The second-order valence-electron chi connectivity index (χ2n) is 4.02. The smallest absolute Gasteiger partial charge is 0.137 e. The number of benzene rings is 1. The van der Waals surface area contributed by atoms with Gasteiger partial charge in [-0.15, -0.1) is 11.8 Å². The molecule has 2 nitrogen and oxygen atoms in total. The van der Waals surface area contributed by atoms with Crippen LogP contribution >= 0.6 is 43.6 Å². The second-order valence-corrected chi connectivity index (χ2v) is 6.74. The zero-order chi connectivity index (χ0) is 13.2. The summed E-state index contributed by atoms with van der Waals surface area (Å²) in [6.45, 7) is 0. The van der Waals surface area contributed by atoms with Crippen molar-refractivity contribution in [1.29, 1.82) is 0 Å². The van der Waals surface area contributed by atoms with Gasteiger partial charge in [0.25, 0.3) is 0 Å². The molecule has 96 valence electrons. The van der Waals surface area contributed by atoms with Crippen LogP contribution in [0.2, 0.25) is 0 Å². The number of halogens is 2. The van der Waals surface area contributed by atoms with Crippen LogP contribution in [-0.4, -0.2) is 9.38 Å². The van der Waals surface area contributed by atoms with Gasteiger partial charge in [-0.3, -0.25) is 4.40 Å². The number of aromatic nitrogens is 2. The Morgan fingerprint density at radius 1 is 1.05 bits per heavy atom. The Hall–Kier alpha value is -0.780. The first-order chi connectivity index (χ1) is 9.24. The molecule has 3 aromatic rings. The molecule has 3 rings (SSSR count). The number of hydrogen-bond acceptors (Lipinski definition) is 2. The highest BCUT2D eigenvalue weighted by Crippen LogP contribution is 2.28. The van der Waals surface area contributed by atoms with Gasteiger partial charge in [-0.2, -0.15) is 0 Å². The molecule has 0 amide bonds. The van der Waals surface area contributed by atoms with Crippen molar-refractivity contribution >= 4 is 49.3 Å². The van der Waals surface area contributed by atoms with Crippen molar-refractivity contribution in [2.75, 3.05) is 0 Å². The zero-order valence-electron chi connectivity index (χ0n) is 9.88. The van der Waals surface area contributed by atoms with E-state index in [1.54, 1.807) is 11.8 Å². The van der Waals surface area contributed by atoms with Crippen molar-refractivity contribution in [3.8, 4) is 0 Å². The molecule has 0 N–H and O–H groups in total. The summed E-state index contributed by atoms with van der Waals surface area (Å²) in [5.74, 6) is 0.851. The van der Waals surface area contributed by atoms with E-state index in [0.717, 1.165) is 26.2 Å². The van der Waals surface area contributed by atoms with Crippen molar-refractivity contribution in [2.24, 2.45) is 0 Å². The summed E-state index contributed by atoms with van der Waals surface area (Å²) in [4.78, 5) is 5.87. The summed E-state index contributed by atoms with van der Waals surface area (Å²) in [7, 11) is 0. The minimum Gasteiger partial charge on any atom is -0.294 e. The molecule has 0 aliphatic rings. The van der Waals surface area contributed by atoms with Gasteiger partial charge in [0.2, 0.25) is 0 Å². The molecule has 0 radical (unpaired) electrons. The van der Waals surface area contributed by atoms with Crippen molar-refractivity contribution in [3.05, 3.63) is 63.4 Å². The Morgan fingerprint density at radius 2 is 1.84 bits per heavy atom. The monoisotopic (exact) mass is 396 g/mol. The lowest BCUT2D eigenvalue weighted by atomic mass is 10.4. The average molecular weight is 398 g/mol. The number of nitrogens with zero attached hydrogens (tertiary/aromatic N) is 2. The van der Waals surface area contributed by atoms with E-state index in [2.05, 4.69) is 65.5 Å². The van der Waals surface area contributed by atoms with E-state index in [0.29, 0.717) is 0 Å². The molecule has 1 aromatic carbocycles.